The number of hydrogen-bond acceptors (Lipinski definition) is 4. The molecule has 1 heterocycles. The Bertz CT molecular complexity index is 796. The molecule has 0 aliphatic rings. The fraction of sp³-hybridized carbons (Fsp3) is 0.429. The number of hydrogen-bond donors (Lipinski definition) is 2. The van der Waals surface area contributed by atoms with Crippen LogP contribution < -0.4 is 10.5 Å². The fourth-order valence-electron chi connectivity index (χ4n) is 2.35. The predicted octanol–water partition coefficient (Wildman–Crippen LogP) is 0.772. The van der Waals surface area contributed by atoms with Crippen LogP contribution in [0.1, 0.15) is 25.6 Å². The van der Waals surface area contributed by atoms with E-state index in [1.165, 1.54) is 12.1 Å². The monoisotopic (exact) mass is 324 g/mol. The molecule has 0 saturated heterocycles. The summed E-state index contributed by atoms with van der Waals surface area (Å²) in [6, 6.07) is 4.66. The van der Waals surface area contributed by atoms with Crippen molar-refractivity contribution in [3.8, 4) is 0 Å². The van der Waals surface area contributed by atoms with Gasteiger partial charge in [0.2, 0.25) is 15.9 Å². The summed E-state index contributed by atoms with van der Waals surface area (Å²) < 4.78 is 24.9. The van der Waals surface area contributed by atoms with E-state index in [0.717, 1.165) is 24.3 Å². The third-order valence-electron chi connectivity index (χ3n) is 3.43. The van der Waals surface area contributed by atoms with Crippen LogP contribution in [-0.4, -0.2) is 30.9 Å². The van der Waals surface area contributed by atoms with Crippen LogP contribution in [0.5, 0.6) is 0 Å². The number of rotatable bonds is 6. The van der Waals surface area contributed by atoms with E-state index in [1.54, 1.807) is 13.1 Å². The number of nitrogens with one attached hydrogen (secondary N) is 1. The summed E-state index contributed by atoms with van der Waals surface area (Å²) in [5.41, 5.74) is 1.42. The maximum atomic E-state index is 11.4. The van der Waals surface area contributed by atoms with Crippen molar-refractivity contribution in [2.45, 2.75) is 37.6 Å². The van der Waals surface area contributed by atoms with Gasteiger partial charge >= 0.3 is 0 Å². The van der Waals surface area contributed by atoms with Crippen molar-refractivity contribution in [2.24, 2.45) is 5.14 Å². The van der Waals surface area contributed by atoms with Gasteiger partial charge in [0.25, 0.3) is 0 Å². The second kappa shape index (κ2) is 6.45. The summed E-state index contributed by atoms with van der Waals surface area (Å²) in [4.78, 5) is 15.9. The standard InChI is InChI=1S/C14H20N4O3S/c1-3-8-18-12-5-4-10(22(15,20)21)9-11(12)17-13(18)6-7-14(19)16-2/h4-5,9H,3,6-8H2,1-2H3,(H,16,19)(H2,15,20,21). The third kappa shape index (κ3) is 3.45. The maximum absolute atomic E-state index is 11.4. The molecule has 7 nitrogen and oxygen atoms in total. The van der Waals surface area contributed by atoms with Gasteiger partial charge in [-0.1, -0.05) is 6.92 Å². The molecule has 8 heteroatoms. The lowest BCUT2D eigenvalue weighted by Crippen LogP contribution is -2.19. The minimum atomic E-state index is -3.75. The zero-order valence-corrected chi connectivity index (χ0v) is 13.5. The summed E-state index contributed by atoms with van der Waals surface area (Å²) in [5.74, 6) is 0.715. The minimum absolute atomic E-state index is 0.0407. The molecule has 0 spiro atoms. The van der Waals surface area contributed by atoms with Crippen LogP contribution in [0.25, 0.3) is 11.0 Å². The lowest BCUT2D eigenvalue weighted by molar-refractivity contribution is -0.120. The summed E-state index contributed by atoms with van der Waals surface area (Å²) in [6.07, 6.45) is 1.75. The molecular formula is C14H20N4O3S. The molecule has 3 N–H and O–H groups in total. The number of fused-ring (bicyclic) bond motifs is 1. The van der Waals surface area contributed by atoms with Crippen LogP contribution >= 0.6 is 0 Å². The fourth-order valence-corrected chi connectivity index (χ4v) is 2.88. The minimum Gasteiger partial charge on any atom is -0.359 e. The molecule has 1 amide bonds. The van der Waals surface area contributed by atoms with E-state index in [0.29, 0.717) is 18.4 Å². The first kappa shape index (κ1) is 16.4. The number of imidazole rings is 1. The van der Waals surface area contributed by atoms with Gasteiger partial charge in [0.05, 0.1) is 15.9 Å². The highest BCUT2D eigenvalue weighted by atomic mass is 32.2. The molecule has 120 valence electrons. The molecule has 0 unspecified atom stereocenters. The summed E-state index contributed by atoms with van der Waals surface area (Å²) >= 11 is 0. The Morgan fingerprint density at radius 3 is 2.73 bits per heavy atom. The molecule has 1 aromatic carbocycles. The number of nitrogens with zero attached hydrogens (tertiary/aromatic N) is 2. The van der Waals surface area contributed by atoms with E-state index >= 15 is 0 Å². The Labute approximate surface area is 129 Å². The number of carbonyl (C=O) groups excluding carboxylic acids is 1. The van der Waals surface area contributed by atoms with Crippen molar-refractivity contribution >= 4 is 27.0 Å². The number of aromatic nitrogens is 2. The Hall–Kier alpha value is -1.93. The van der Waals surface area contributed by atoms with Gasteiger partial charge in [-0.15, -0.1) is 0 Å². The van der Waals surface area contributed by atoms with Crippen LogP contribution in [-0.2, 0) is 27.8 Å². The first-order valence-corrected chi connectivity index (χ1v) is 8.64. The molecule has 2 aromatic rings. The first-order chi connectivity index (χ1) is 10.4. The number of amides is 1. The molecule has 22 heavy (non-hydrogen) atoms. The number of sulfonamides is 1. The van der Waals surface area contributed by atoms with E-state index in [1.807, 2.05) is 11.5 Å². The summed E-state index contributed by atoms with van der Waals surface area (Å²) in [6.45, 7) is 2.81. The van der Waals surface area contributed by atoms with Gasteiger partial charge in [-0.25, -0.2) is 18.5 Å². The van der Waals surface area contributed by atoms with Crippen molar-refractivity contribution < 1.29 is 13.2 Å². The van der Waals surface area contributed by atoms with E-state index in [9.17, 15) is 13.2 Å². The van der Waals surface area contributed by atoms with E-state index in [4.69, 9.17) is 5.14 Å². The largest absolute Gasteiger partial charge is 0.359 e. The Kier molecular flexibility index (Phi) is 4.82. The molecule has 0 atom stereocenters. The van der Waals surface area contributed by atoms with Gasteiger partial charge in [0, 0.05) is 26.4 Å². The molecule has 0 aliphatic carbocycles. The van der Waals surface area contributed by atoms with Gasteiger partial charge in [-0.3, -0.25) is 4.79 Å². The first-order valence-electron chi connectivity index (χ1n) is 7.09. The Morgan fingerprint density at radius 2 is 2.14 bits per heavy atom. The van der Waals surface area contributed by atoms with Crippen LogP contribution in [0.4, 0.5) is 0 Å². The van der Waals surface area contributed by atoms with Gasteiger partial charge in [-0.2, -0.15) is 0 Å². The van der Waals surface area contributed by atoms with Gasteiger partial charge in [-0.05, 0) is 24.6 Å². The average molecular weight is 324 g/mol. The highest BCUT2D eigenvalue weighted by molar-refractivity contribution is 7.89. The quantitative estimate of drug-likeness (QED) is 0.818. The van der Waals surface area contributed by atoms with E-state index < -0.39 is 10.0 Å². The molecular weight excluding hydrogens is 304 g/mol. The second-order valence-electron chi connectivity index (χ2n) is 5.05. The topological polar surface area (TPSA) is 107 Å². The zero-order valence-electron chi connectivity index (χ0n) is 12.7. The normalized spacial score (nSPS) is 11.8. The van der Waals surface area contributed by atoms with E-state index in [-0.39, 0.29) is 10.8 Å². The highest BCUT2D eigenvalue weighted by Gasteiger charge is 2.15. The highest BCUT2D eigenvalue weighted by Crippen LogP contribution is 2.21. The van der Waals surface area contributed by atoms with Crippen molar-refractivity contribution in [1.82, 2.24) is 14.9 Å². The van der Waals surface area contributed by atoms with Crippen LogP contribution in [0.15, 0.2) is 23.1 Å². The van der Waals surface area contributed by atoms with Crippen molar-refractivity contribution in [1.29, 1.82) is 0 Å². The lowest BCUT2D eigenvalue weighted by Gasteiger charge is -2.07. The maximum Gasteiger partial charge on any atom is 0.238 e. The second-order valence-corrected chi connectivity index (χ2v) is 6.61. The summed E-state index contributed by atoms with van der Waals surface area (Å²) in [5, 5.41) is 7.73. The number of benzene rings is 1. The Morgan fingerprint density at radius 1 is 1.41 bits per heavy atom. The Balaban J connectivity index is 2.46. The average Bonchev–Trinajstić information content (AvgIpc) is 2.81. The molecule has 0 bridgehead atoms. The molecule has 0 aliphatic heterocycles. The van der Waals surface area contributed by atoms with Crippen LogP contribution in [0.2, 0.25) is 0 Å². The number of aryl methyl sites for hydroxylation is 2. The van der Waals surface area contributed by atoms with Gasteiger partial charge in [0.1, 0.15) is 5.82 Å². The number of primary sulfonamides is 1. The zero-order chi connectivity index (χ0) is 16.3. The van der Waals surface area contributed by atoms with E-state index in [2.05, 4.69) is 10.3 Å². The molecule has 0 fully saturated rings. The van der Waals surface area contributed by atoms with Crippen molar-refractivity contribution in [2.75, 3.05) is 7.05 Å². The SMILES string of the molecule is CCCn1c(CCC(=O)NC)nc2cc(S(N)(=O)=O)ccc21. The van der Waals surface area contributed by atoms with Crippen LogP contribution in [0, 0.1) is 0 Å². The predicted molar refractivity (Wildman–Crippen MR) is 83.8 cm³/mol. The lowest BCUT2D eigenvalue weighted by atomic mass is 10.2. The van der Waals surface area contributed by atoms with Gasteiger partial charge in [0.15, 0.2) is 0 Å². The third-order valence-corrected chi connectivity index (χ3v) is 4.34. The van der Waals surface area contributed by atoms with Crippen molar-refractivity contribution in [3.63, 3.8) is 0 Å². The summed E-state index contributed by atoms with van der Waals surface area (Å²) in [7, 11) is -2.16. The van der Waals surface area contributed by atoms with Gasteiger partial charge < -0.3 is 9.88 Å². The molecule has 2 rings (SSSR count). The molecule has 0 radical (unpaired) electrons. The molecule has 0 saturated carbocycles. The molecule has 1 aromatic heterocycles. The number of carbonyl (C=O) groups is 1. The smallest absolute Gasteiger partial charge is 0.238 e. The van der Waals surface area contributed by atoms with Crippen molar-refractivity contribution in [3.05, 3.63) is 24.0 Å². The van der Waals surface area contributed by atoms with Crippen LogP contribution in [0.3, 0.4) is 0 Å². The number of nitrogens with two attached hydrogens (primary N) is 1.